The van der Waals surface area contributed by atoms with Crippen molar-refractivity contribution in [2.24, 2.45) is 5.73 Å². The number of nitrogens with two attached hydrogens (primary N) is 1. The number of hydrogen-bond donors (Lipinski definition) is 1. The van der Waals surface area contributed by atoms with Crippen molar-refractivity contribution in [1.29, 1.82) is 0 Å². The average molecular weight is 256 g/mol. The van der Waals surface area contributed by atoms with Crippen molar-refractivity contribution in [3.8, 4) is 0 Å². The fraction of sp³-hybridized carbons (Fsp3) is 0.200. The van der Waals surface area contributed by atoms with Crippen molar-refractivity contribution >= 4 is 21.6 Å². The summed E-state index contributed by atoms with van der Waals surface area (Å²) in [7, 11) is -3.45. The van der Waals surface area contributed by atoms with Crippen LogP contribution in [0, 0.1) is 10.1 Å². The van der Waals surface area contributed by atoms with Crippen LogP contribution < -0.4 is 5.73 Å². The maximum Gasteiger partial charge on any atom is 0.277 e. The molecule has 0 heterocycles. The predicted molar refractivity (Wildman–Crippen MR) is 64.3 cm³/mol. The zero-order chi connectivity index (χ0) is 13.1. The average Bonchev–Trinajstić information content (AvgIpc) is 2.24. The number of benzene rings is 1. The molecule has 92 valence electrons. The van der Waals surface area contributed by atoms with Crippen molar-refractivity contribution in [2.45, 2.75) is 4.90 Å². The summed E-state index contributed by atoms with van der Waals surface area (Å²) in [6.07, 6.45) is 4.05. The van der Waals surface area contributed by atoms with E-state index in [2.05, 4.69) is 0 Å². The SMILES string of the molecule is CS(=O)(=O)c1ccc(C=CCN)c([N+](=O)[O-])c1. The minimum atomic E-state index is -3.45. The third-order valence-corrected chi connectivity index (χ3v) is 3.17. The van der Waals surface area contributed by atoms with Crippen molar-refractivity contribution in [2.75, 3.05) is 12.8 Å². The molecular weight excluding hydrogens is 244 g/mol. The molecule has 1 rings (SSSR count). The van der Waals surface area contributed by atoms with Crippen molar-refractivity contribution in [3.05, 3.63) is 40.0 Å². The zero-order valence-electron chi connectivity index (χ0n) is 9.16. The topological polar surface area (TPSA) is 103 Å². The molecule has 2 N–H and O–H groups in total. The monoisotopic (exact) mass is 256 g/mol. The molecule has 0 aromatic heterocycles. The van der Waals surface area contributed by atoms with Crippen LogP contribution in [0.5, 0.6) is 0 Å². The fourth-order valence-electron chi connectivity index (χ4n) is 1.25. The largest absolute Gasteiger partial charge is 0.327 e. The fourth-order valence-corrected chi connectivity index (χ4v) is 1.89. The van der Waals surface area contributed by atoms with E-state index in [-0.39, 0.29) is 17.1 Å². The Balaban J connectivity index is 3.37. The maximum absolute atomic E-state index is 11.3. The van der Waals surface area contributed by atoms with Gasteiger partial charge in [0.05, 0.1) is 15.4 Å². The van der Waals surface area contributed by atoms with Gasteiger partial charge in [0, 0.05) is 18.9 Å². The summed E-state index contributed by atoms with van der Waals surface area (Å²) in [5.41, 5.74) is 5.32. The highest BCUT2D eigenvalue weighted by Gasteiger charge is 2.16. The van der Waals surface area contributed by atoms with Crippen molar-refractivity contribution in [1.82, 2.24) is 0 Å². The highest BCUT2D eigenvalue weighted by Crippen LogP contribution is 2.24. The van der Waals surface area contributed by atoms with Gasteiger partial charge < -0.3 is 5.73 Å². The van der Waals surface area contributed by atoms with Crippen LogP contribution in [0.4, 0.5) is 5.69 Å². The molecule has 7 heteroatoms. The summed E-state index contributed by atoms with van der Waals surface area (Å²) in [5, 5.41) is 10.8. The molecule has 0 fully saturated rings. The van der Waals surface area contributed by atoms with Crippen LogP contribution >= 0.6 is 0 Å². The minimum Gasteiger partial charge on any atom is -0.327 e. The van der Waals surface area contributed by atoms with Crippen LogP contribution in [-0.2, 0) is 9.84 Å². The Morgan fingerprint density at radius 2 is 2.12 bits per heavy atom. The second kappa shape index (κ2) is 5.07. The van der Waals surface area contributed by atoms with Gasteiger partial charge in [0.1, 0.15) is 0 Å². The van der Waals surface area contributed by atoms with Crippen LogP contribution in [0.25, 0.3) is 6.08 Å². The number of nitro benzene ring substituents is 1. The van der Waals surface area contributed by atoms with Crippen molar-refractivity contribution < 1.29 is 13.3 Å². The van der Waals surface area contributed by atoms with Gasteiger partial charge in [0.15, 0.2) is 9.84 Å². The Morgan fingerprint density at radius 1 is 1.47 bits per heavy atom. The van der Waals surface area contributed by atoms with E-state index < -0.39 is 14.8 Å². The van der Waals surface area contributed by atoms with E-state index in [4.69, 9.17) is 5.73 Å². The lowest BCUT2D eigenvalue weighted by atomic mass is 10.1. The Hall–Kier alpha value is -1.73. The second-order valence-electron chi connectivity index (χ2n) is 3.39. The van der Waals surface area contributed by atoms with Gasteiger partial charge in [-0.1, -0.05) is 12.2 Å². The van der Waals surface area contributed by atoms with Gasteiger partial charge in [-0.2, -0.15) is 0 Å². The van der Waals surface area contributed by atoms with Gasteiger partial charge in [-0.3, -0.25) is 10.1 Å². The van der Waals surface area contributed by atoms with E-state index >= 15 is 0 Å². The van der Waals surface area contributed by atoms with Gasteiger partial charge in [-0.25, -0.2) is 8.42 Å². The summed E-state index contributed by atoms with van der Waals surface area (Å²) in [6.45, 7) is 0.255. The summed E-state index contributed by atoms with van der Waals surface area (Å²) in [4.78, 5) is 10.1. The Morgan fingerprint density at radius 3 is 2.59 bits per heavy atom. The molecule has 17 heavy (non-hydrogen) atoms. The van der Waals surface area contributed by atoms with E-state index in [1.54, 1.807) is 6.08 Å². The Bertz CT molecular complexity index is 564. The maximum atomic E-state index is 11.3. The molecule has 0 bridgehead atoms. The molecule has 0 saturated heterocycles. The summed E-state index contributed by atoms with van der Waals surface area (Å²) >= 11 is 0. The van der Waals surface area contributed by atoms with E-state index in [1.807, 2.05) is 0 Å². The van der Waals surface area contributed by atoms with Gasteiger partial charge >= 0.3 is 0 Å². The first-order valence-corrected chi connectivity index (χ1v) is 6.60. The third-order valence-electron chi connectivity index (χ3n) is 2.06. The minimum absolute atomic E-state index is 0.0749. The van der Waals surface area contributed by atoms with Gasteiger partial charge in [-0.15, -0.1) is 0 Å². The normalized spacial score (nSPS) is 11.9. The van der Waals surface area contributed by atoms with E-state index in [0.29, 0.717) is 5.56 Å². The van der Waals surface area contributed by atoms with Crippen LogP contribution in [-0.4, -0.2) is 26.1 Å². The predicted octanol–water partition coefficient (Wildman–Crippen LogP) is 0.970. The first-order chi connectivity index (χ1) is 7.86. The van der Waals surface area contributed by atoms with Gasteiger partial charge in [0.25, 0.3) is 5.69 Å². The Labute approximate surface area is 98.8 Å². The molecule has 1 aromatic rings. The first-order valence-electron chi connectivity index (χ1n) is 4.71. The standard InChI is InChI=1S/C10H12N2O4S/c1-17(15,16)9-5-4-8(3-2-6-11)10(7-9)12(13)14/h2-5,7H,6,11H2,1H3. The van der Waals surface area contributed by atoms with Crippen molar-refractivity contribution in [3.63, 3.8) is 0 Å². The molecule has 0 saturated carbocycles. The zero-order valence-corrected chi connectivity index (χ0v) is 9.98. The molecule has 0 atom stereocenters. The molecular formula is C10H12N2O4S. The number of hydrogen-bond acceptors (Lipinski definition) is 5. The lowest BCUT2D eigenvalue weighted by molar-refractivity contribution is -0.385. The molecule has 0 amide bonds. The van der Waals surface area contributed by atoms with Crippen LogP contribution in [0.15, 0.2) is 29.2 Å². The number of sulfone groups is 1. The van der Waals surface area contributed by atoms with Crippen LogP contribution in [0.2, 0.25) is 0 Å². The molecule has 0 unspecified atom stereocenters. The molecule has 6 nitrogen and oxygen atoms in total. The quantitative estimate of drug-likeness (QED) is 0.638. The smallest absolute Gasteiger partial charge is 0.277 e. The van der Waals surface area contributed by atoms with Gasteiger partial charge in [0.2, 0.25) is 0 Å². The molecule has 1 aromatic carbocycles. The summed E-state index contributed by atoms with van der Waals surface area (Å²) < 4.78 is 22.5. The number of nitro groups is 1. The molecule has 0 aliphatic rings. The lowest BCUT2D eigenvalue weighted by Crippen LogP contribution is -2.00. The lowest BCUT2D eigenvalue weighted by Gasteiger charge is -2.01. The van der Waals surface area contributed by atoms with E-state index in [9.17, 15) is 18.5 Å². The summed E-state index contributed by atoms with van der Waals surface area (Å²) in [6, 6.07) is 3.77. The number of nitrogens with zero attached hydrogens (tertiary/aromatic N) is 1. The highest BCUT2D eigenvalue weighted by atomic mass is 32.2. The molecule has 0 aliphatic heterocycles. The molecule has 0 radical (unpaired) electrons. The molecule has 0 spiro atoms. The van der Waals surface area contributed by atoms with Gasteiger partial charge in [-0.05, 0) is 12.1 Å². The van der Waals surface area contributed by atoms with E-state index in [0.717, 1.165) is 12.3 Å². The van der Waals surface area contributed by atoms with Crippen LogP contribution in [0.3, 0.4) is 0 Å². The van der Waals surface area contributed by atoms with Crippen LogP contribution in [0.1, 0.15) is 5.56 Å². The Kier molecular flexibility index (Phi) is 3.97. The third kappa shape index (κ3) is 3.36. The highest BCUT2D eigenvalue weighted by molar-refractivity contribution is 7.90. The molecule has 0 aliphatic carbocycles. The van der Waals surface area contributed by atoms with E-state index in [1.165, 1.54) is 18.2 Å². The summed E-state index contributed by atoms with van der Waals surface area (Å²) in [5.74, 6) is 0. The first kappa shape index (κ1) is 13.3. The second-order valence-corrected chi connectivity index (χ2v) is 5.40. The number of rotatable bonds is 4.